The number of amides is 1. The molecule has 2 heterocycles. The van der Waals surface area contributed by atoms with Gasteiger partial charge in [-0.3, -0.25) is 9.48 Å². The maximum absolute atomic E-state index is 13.2. The number of esters is 1. The van der Waals surface area contributed by atoms with Crippen molar-refractivity contribution in [1.29, 1.82) is 0 Å². The molecule has 6 nitrogen and oxygen atoms in total. The van der Waals surface area contributed by atoms with Gasteiger partial charge in [-0.1, -0.05) is 58.0 Å². The zero-order valence-corrected chi connectivity index (χ0v) is 19.4. The van der Waals surface area contributed by atoms with E-state index >= 15 is 0 Å². The summed E-state index contributed by atoms with van der Waals surface area (Å²) < 4.78 is 7.16. The van der Waals surface area contributed by atoms with Gasteiger partial charge in [-0.25, -0.2) is 4.79 Å². The lowest BCUT2D eigenvalue weighted by Crippen LogP contribution is -2.42. The van der Waals surface area contributed by atoms with Crippen LogP contribution in [0.15, 0.2) is 36.4 Å². The van der Waals surface area contributed by atoms with Crippen LogP contribution in [0.2, 0.25) is 0 Å². The second kappa shape index (κ2) is 9.67. The van der Waals surface area contributed by atoms with Crippen molar-refractivity contribution in [3.05, 3.63) is 53.3 Å². The molecule has 3 rings (SSSR count). The van der Waals surface area contributed by atoms with Gasteiger partial charge in [0.1, 0.15) is 0 Å². The van der Waals surface area contributed by atoms with Crippen molar-refractivity contribution < 1.29 is 14.3 Å². The van der Waals surface area contributed by atoms with Crippen LogP contribution in [0.4, 0.5) is 0 Å². The van der Waals surface area contributed by atoms with Gasteiger partial charge in [0.2, 0.25) is 5.91 Å². The van der Waals surface area contributed by atoms with Gasteiger partial charge in [-0.05, 0) is 37.8 Å². The lowest BCUT2D eigenvalue weighted by atomic mass is 9.90. The Kier molecular flexibility index (Phi) is 7.19. The SMILES string of the molecule is CCOC(=O)c1cc(C(C)(C)C)n(C2CCN(C(=O)C(CC)c3ccccc3)CC2)n1. The van der Waals surface area contributed by atoms with Gasteiger partial charge < -0.3 is 9.64 Å². The zero-order chi connectivity index (χ0) is 22.6. The Morgan fingerprint density at radius 2 is 1.77 bits per heavy atom. The van der Waals surface area contributed by atoms with E-state index in [9.17, 15) is 9.59 Å². The van der Waals surface area contributed by atoms with Gasteiger partial charge in [0, 0.05) is 24.2 Å². The van der Waals surface area contributed by atoms with Crippen LogP contribution >= 0.6 is 0 Å². The summed E-state index contributed by atoms with van der Waals surface area (Å²) in [7, 11) is 0. The molecule has 1 amide bonds. The molecule has 1 saturated heterocycles. The van der Waals surface area contributed by atoms with Crippen LogP contribution in [0, 0.1) is 0 Å². The number of likely N-dealkylation sites (tertiary alicyclic amines) is 1. The Bertz CT molecular complexity index is 890. The molecule has 31 heavy (non-hydrogen) atoms. The summed E-state index contributed by atoms with van der Waals surface area (Å²) in [5.41, 5.74) is 2.32. The van der Waals surface area contributed by atoms with E-state index in [1.807, 2.05) is 46.0 Å². The third-order valence-corrected chi connectivity index (χ3v) is 6.02. The molecule has 0 radical (unpaired) electrons. The van der Waals surface area contributed by atoms with E-state index in [0.29, 0.717) is 25.4 Å². The van der Waals surface area contributed by atoms with Crippen LogP contribution in [-0.2, 0) is 14.9 Å². The number of aromatic nitrogens is 2. The molecule has 0 N–H and O–H groups in total. The van der Waals surface area contributed by atoms with Crippen molar-refractivity contribution in [3.63, 3.8) is 0 Å². The average Bonchev–Trinajstić information content (AvgIpc) is 3.22. The smallest absolute Gasteiger partial charge is 0.358 e. The van der Waals surface area contributed by atoms with Crippen molar-refractivity contribution >= 4 is 11.9 Å². The van der Waals surface area contributed by atoms with Gasteiger partial charge in [-0.15, -0.1) is 0 Å². The number of nitrogens with zero attached hydrogens (tertiary/aromatic N) is 3. The van der Waals surface area contributed by atoms with E-state index in [1.165, 1.54) is 0 Å². The molecule has 0 saturated carbocycles. The summed E-state index contributed by atoms with van der Waals surface area (Å²) in [5.74, 6) is -0.271. The Morgan fingerprint density at radius 3 is 2.32 bits per heavy atom. The second-order valence-corrected chi connectivity index (χ2v) is 9.26. The minimum atomic E-state index is -0.381. The molecule has 1 fully saturated rings. The van der Waals surface area contributed by atoms with E-state index in [2.05, 4.69) is 32.8 Å². The third kappa shape index (κ3) is 5.17. The molecule has 1 aliphatic rings. The first kappa shape index (κ1) is 23.0. The van der Waals surface area contributed by atoms with Crippen LogP contribution in [0.1, 0.15) is 87.6 Å². The zero-order valence-electron chi connectivity index (χ0n) is 19.4. The summed E-state index contributed by atoms with van der Waals surface area (Å²) in [5, 5.41) is 4.63. The highest BCUT2D eigenvalue weighted by Crippen LogP contribution is 2.32. The first-order chi connectivity index (χ1) is 14.8. The van der Waals surface area contributed by atoms with Crippen LogP contribution in [0.3, 0.4) is 0 Å². The quantitative estimate of drug-likeness (QED) is 0.629. The number of benzene rings is 1. The van der Waals surface area contributed by atoms with E-state index in [-0.39, 0.29) is 29.3 Å². The van der Waals surface area contributed by atoms with Crippen LogP contribution in [0.25, 0.3) is 0 Å². The molecule has 168 valence electrons. The van der Waals surface area contributed by atoms with Gasteiger partial charge in [0.15, 0.2) is 5.69 Å². The Balaban J connectivity index is 1.74. The molecule has 1 atom stereocenters. The predicted molar refractivity (Wildman–Crippen MR) is 121 cm³/mol. The molecule has 0 aliphatic carbocycles. The highest BCUT2D eigenvalue weighted by Gasteiger charge is 2.32. The number of piperidine rings is 1. The van der Waals surface area contributed by atoms with E-state index in [1.54, 1.807) is 6.92 Å². The first-order valence-electron chi connectivity index (χ1n) is 11.4. The minimum absolute atomic E-state index is 0.0944. The first-order valence-corrected chi connectivity index (χ1v) is 11.4. The fourth-order valence-electron chi connectivity index (χ4n) is 4.33. The number of ether oxygens (including phenoxy) is 1. The molecule has 0 bridgehead atoms. The number of hydrogen-bond acceptors (Lipinski definition) is 4. The Hall–Kier alpha value is -2.63. The maximum atomic E-state index is 13.2. The molecule has 1 aromatic heterocycles. The van der Waals surface area contributed by atoms with Gasteiger partial charge in [-0.2, -0.15) is 5.10 Å². The molecule has 1 aliphatic heterocycles. The van der Waals surface area contributed by atoms with Crippen LogP contribution in [-0.4, -0.2) is 46.3 Å². The fourth-order valence-corrected chi connectivity index (χ4v) is 4.33. The van der Waals surface area contributed by atoms with Gasteiger partial charge in [0.05, 0.1) is 18.6 Å². The normalized spacial score (nSPS) is 16.2. The minimum Gasteiger partial charge on any atom is -0.461 e. The molecule has 6 heteroatoms. The van der Waals surface area contributed by atoms with Crippen LogP contribution < -0.4 is 0 Å². The Morgan fingerprint density at radius 1 is 1.13 bits per heavy atom. The molecule has 1 aromatic carbocycles. The monoisotopic (exact) mass is 425 g/mol. The van der Waals surface area contributed by atoms with E-state index in [4.69, 9.17) is 4.74 Å². The molecular formula is C25H35N3O3. The second-order valence-electron chi connectivity index (χ2n) is 9.26. The summed E-state index contributed by atoms with van der Waals surface area (Å²) in [4.78, 5) is 27.5. The van der Waals surface area contributed by atoms with Crippen molar-refractivity contribution in [3.8, 4) is 0 Å². The number of rotatable bonds is 6. The Labute approximate surface area is 185 Å². The fraction of sp³-hybridized carbons (Fsp3) is 0.560. The van der Waals surface area contributed by atoms with Crippen molar-refractivity contribution in [2.75, 3.05) is 19.7 Å². The highest BCUT2D eigenvalue weighted by atomic mass is 16.5. The molecule has 1 unspecified atom stereocenters. The number of carbonyl (C=O) groups is 2. The maximum Gasteiger partial charge on any atom is 0.358 e. The summed E-state index contributed by atoms with van der Waals surface area (Å²) in [6, 6.07) is 12.1. The summed E-state index contributed by atoms with van der Waals surface area (Å²) in [6.07, 6.45) is 2.44. The third-order valence-electron chi connectivity index (χ3n) is 6.02. The molecule has 2 aromatic rings. The lowest BCUT2D eigenvalue weighted by Gasteiger charge is -2.36. The van der Waals surface area contributed by atoms with Crippen LogP contribution in [0.5, 0.6) is 0 Å². The lowest BCUT2D eigenvalue weighted by molar-refractivity contribution is -0.134. The van der Waals surface area contributed by atoms with E-state index in [0.717, 1.165) is 30.5 Å². The predicted octanol–water partition coefficient (Wildman–Crippen LogP) is 4.71. The van der Waals surface area contributed by atoms with Gasteiger partial charge >= 0.3 is 5.97 Å². The summed E-state index contributed by atoms with van der Waals surface area (Å²) in [6.45, 7) is 12.0. The van der Waals surface area contributed by atoms with E-state index < -0.39 is 0 Å². The molecule has 0 spiro atoms. The van der Waals surface area contributed by atoms with Crippen molar-refractivity contribution in [2.45, 2.75) is 71.3 Å². The van der Waals surface area contributed by atoms with Gasteiger partial charge in [0.25, 0.3) is 0 Å². The van der Waals surface area contributed by atoms with Crippen molar-refractivity contribution in [1.82, 2.24) is 14.7 Å². The topological polar surface area (TPSA) is 64.4 Å². The molecular weight excluding hydrogens is 390 g/mol. The number of hydrogen-bond donors (Lipinski definition) is 0. The average molecular weight is 426 g/mol. The summed E-state index contributed by atoms with van der Waals surface area (Å²) >= 11 is 0. The standard InChI is InChI=1S/C25H35N3O3/c1-6-20(18-11-9-8-10-12-18)23(29)27-15-13-19(14-16-27)28-22(25(3,4)5)17-21(26-28)24(30)31-7-2/h8-12,17,19-20H,6-7,13-16H2,1-5H3. The largest absolute Gasteiger partial charge is 0.461 e. The number of carbonyl (C=O) groups excluding carboxylic acids is 2. The van der Waals surface area contributed by atoms with Crippen molar-refractivity contribution in [2.24, 2.45) is 0 Å². The highest BCUT2D eigenvalue weighted by molar-refractivity contribution is 5.87.